The molecule has 0 bridgehead atoms. The van der Waals surface area contributed by atoms with Crippen LogP contribution < -0.4 is 5.32 Å². The van der Waals surface area contributed by atoms with Gasteiger partial charge in [0.2, 0.25) is 0 Å². The normalized spacial score (nSPS) is 17.5. The SMILES string of the molecule is CCC(Nc1ccc(C(=O)O)c(F)c1F)C1CCCCC1. The summed E-state index contributed by atoms with van der Waals surface area (Å²) in [5.41, 5.74) is -0.585. The number of anilines is 1. The number of carboxylic acid groups (broad SMARTS) is 1. The van der Waals surface area contributed by atoms with E-state index in [0.29, 0.717) is 5.92 Å². The van der Waals surface area contributed by atoms with Crippen molar-refractivity contribution in [2.45, 2.75) is 51.5 Å². The van der Waals surface area contributed by atoms with Crippen LogP contribution in [0.25, 0.3) is 0 Å². The molecule has 1 aliphatic carbocycles. The number of hydrogen-bond donors (Lipinski definition) is 2. The van der Waals surface area contributed by atoms with Gasteiger partial charge in [0.15, 0.2) is 11.6 Å². The number of hydrogen-bond acceptors (Lipinski definition) is 2. The Kier molecular flexibility index (Phi) is 5.15. The van der Waals surface area contributed by atoms with Crippen molar-refractivity contribution in [2.24, 2.45) is 5.92 Å². The number of nitrogens with one attached hydrogen (secondary N) is 1. The van der Waals surface area contributed by atoms with Crippen LogP contribution in [0.4, 0.5) is 14.5 Å². The molecule has 0 amide bonds. The maximum Gasteiger partial charge on any atom is 0.338 e. The Morgan fingerprint density at radius 2 is 1.95 bits per heavy atom. The highest BCUT2D eigenvalue weighted by Crippen LogP contribution is 2.31. The van der Waals surface area contributed by atoms with E-state index in [-0.39, 0.29) is 11.7 Å². The first-order chi connectivity index (χ1) is 10.0. The minimum Gasteiger partial charge on any atom is -0.478 e. The molecule has 116 valence electrons. The lowest BCUT2D eigenvalue weighted by molar-refractivity contribution is 0.0690. The van der Waals surface area contributed by atoms with E-state index >= 15 is 0 Å². The summed E-state index contributed by atoms with van der Waals surface area (Å²) in [7, 11) is 0. The van der Waals surface area contributed by atoms with E-state index in [1.165, 1.54) is 25.3 Å². The minimum atomic E-state index is -1.46. The Balaban J connectivity index is 2.17. The van der Waals surface area contributed by atoms with Crippen molar-refractivity contribution in [3.63, 3.8) is 0 Å². The predicted octanol–water partition coefficient (Wildman–Crippen LogP) is 4.43. The molecule has 0 aliphatic heterocycles. The Labute approximate surface area is 123 Å². The zero-order chi connectivity index (χ0) is 15.4. The zero-order valence-electron chi connectivity index (χ0n) is 12.2. The Morgan fingerprint density at radius 3 is 2.52 bits per heavy atom. The van der Waals surface area contributed by atoms with E-state index in [1.807, 2.05) is 6.92 Å². The fraction of sp³-hybridized carbons (Fsp3) is 0.562. The molecule has 0 radical (unpaired) electrons. The number of halogens is 2. The average Bonchev–Trinajstić information content (AvgIpc) is 2.49. The van der Waals surface area contributed by atoms with Crippen molar-refractivity contribution >= 4 is 11.7 Å². The van der Waals surface area contributed by atoms with Crippen LogP contribution in [0.5, 0.6) is 0 Å². The lowest BCUT2D eigenvalue weighted by Gasteiger charge is -2.31. The van der Waals surface area contributed by atoms with E-state index in [9.17, 15) is 13.6 Å². The van der Waals surface area contributed by atoms with Crippen LogP contribution in [0.15, 0.2) is 12.1 Å². The Morgan fingerprint density at radius 1 is 1.29 bits per heavy atom. The van der Waals surface area contributed by atoms with Gasteiger partial charge in [-0.15, -0.1) is 0 Å². The molecular weight excluding hydrogens is 276 g/mol. The van der Waals surface area contributed by atoms with Crippen molar-refractivity contribution in [2.75, 3.05) is 5.32 Å². The molecule has 1 atom stereocenters. The molecule has 21 heavy (non-hydrogen) atoms. The van der Waals surface area contributed by atoms with E-state index in [0.717, 1.165) is 25.3 Å². The van der Waals surface area contributed by atoms with Gasteiger partial charge in [0.25, 0.3) is 0 Å². The zero-order valence-corrected chi connectivity index (χ0v) is 12.2. The summed E-state index contributed by atoms with van der Waals surface area (Å²) in [6.45, 7) is 2.02. The van der Waals surface area contributed by atoms with E-state index in [2.05, 4.69) is 5.32 Å². The molecule has 5 heteroatoms. The van der Waals surface area contributed by atoms with E-state index in [4.69, 9.17) is 5.11 Å². The molecule has 1 aromatic carbocycles. The topological polar surface area (TPSA) is 49.3 Å². The number of aromatic carboxylic acids is 1. The molecule has 0 aromatic heterocycles. The standard InChI is InChI=1S/C16H21F2NO2/c1-2-12(10-6-4-3-5-7-10)19-13-9-8-11(16(20)21)14(17)15(13)18/h8-10,12,19H,2-7H2,1H3,(H,20,21). The molecule has 1 unspecified atom stereocenters. The van der Waals surface area contributed by atoms with E-state index in [1.54, 1.807) is 0 Å². The first-order valence-electron chi connectivity index (χ1n) is 7.52. The molecule has 1 aliphatic rings. The highest BCUT2D eigenvalue weighted by atomic mass is 19.2. The fourth-order valence-electron chi connectivity index (χ4n) is 3.12. The highest BCUT2D eigenvalue weighted by Gasteiger charge is 2.24. The van der Waals surface area contributed by atoms with Gasteiger partial charge in [0.1, 0.15) is 0 Å². The first kappa shape index (κ1) is 15.7. The first-order valence-corrected chi connectivity index (χ1v) is 7.52. The number of rotatable bonds is 5. The molecule has 0 saturated heterocycles. The summed E-state index contributed by atoms with van der Waals surface area (Å²) >= 11 is 0. The van der Waals surface area contributed by atoms with Crippen molar-refractivity contribution in [3.8, 4) is 0 Å². The molecule has 2 rings (SSSR count). The number of benzene rings is 1. The number of carbonyl (C=O) groups is 1. The van der Waals surface area contributed by atoms with Crippen LogP contribution in [0, 0.1) is 17.6 Å². The van der Waals surface area contributed by atoms with Crippen LogP contribution in [0.3, 0.4) is 0 Å². The van der Waals surface area contributed by atoms with Gasteiger partial charge in [-0.05, 0) is 37.3 Å². The fourth-order valence-corrected chi connectivity index (χ4v) is 3.12. The lowest BCUT2D eigenvalue weighted by Crippen LogP contribution is -2.30. The van der Waals surface area contributed by atoms with Gasteiger partial charge in [0.05, 0.1) is 11.3 Å². The maximum absolute atomic E-state index is 14.0. The smallest absolute Gasteiger partial charge is 0.338 e. The Hall–Kier alpha value is -1.65. The lowest BCUT2D eigenvalue weighted by atomic mass is 9.83. The van der Waals surface area contributed by atoms with Crippen LogP contribution in [-0.4, -0.2) is 17.1 Å². The summed E-state index contributed by atoms with van der Waals surface area (Å²) in [4.78, 5) is 10.8. The summed E-state index contributed by atoms with van der Waals surface area (Å²) in [5, 5.41) is 11.9. The van der Waals surface area contributed by atoms with Crippen molar-refractivity contribution in [1.82, 2.24) is 0 Å². The van der Waals surface area contributed by atoms with Gasteiger partial charge in [-0.25, -0.2) is 13.6 Å². The average molecular weight is 297 g/mol. The predicted molar refractivity (Wildman–Crippen MR) is 77.6 cm³/mol. The second-order valence-corrected chi connectivity index (χ2v) is 5.65. The highest BCUT2D eigenvalue weighted by molar-refractivity contribution is 5.88. The van der Waals surface area contributed by atoms with Gasteiger partial charge in [-0.1, -0.05) is 26.2 Å². The molecule has 3 nitrogen and oxygen atoms in total. The van der Waals surface area contributed by atoms with Crippen LogP contribution in [-0.2, 0) is 0 Å². The molecular formula is C16H21F2NO2. The van der Waals surface area contributed by atoms with Crippen LogP contribution in [0.2, 0.25) is 0 Å². The third-order valence-corrected chi connectivity index (χ3v) is 4.31. The third-order valence-electron chi connectivity index (χ3n) is 4.31. The molecule has 1 fully saturated rings. The summed E-state index contributed by atoms with van der Waals surface area (Å²) in [6, 6.07) is 2.51. The maximum atomic E-state index is 14.0. The van der Waals surface area contributed by atoms with Crippen LogP contribution >= 0.6 is 0 Å². The number of carboxylic acids is 1. The van der Waals surface area contributed by atoms with Gasteiger partial charge < -0.3 is 10.4 Å². The Bertz CT molecular complexity index is 513. The molecule has 0 heterocycles. The molecule has 0 spiro atoms. The summed E-state index contributed by atoms with van der Waals surface area (Å²) in [6.07, 6.45) is 6.62. The molecule has 1 aromatic rings. The molecule has 1 saturated carbocycles. The van der Waals surface area contributed by atoms with Crippen molar-refractivity contribution in [3.05, 3.63) is 29.3 Å². The van der Waals surface area contributed by atoms with E-state index < -0.39 is 23.2 Å². The minimum absolute atomic E-state index is 0.0509. The summed E-state index contributed by atoms with van der Waals surface area (Å²) in [5.74, 6) is -3.40. The molecule has 2 N–H and O–H groups in total. The second kappa shape index (κ2) is 6.87. The van der Waals surface area contributed by atoms with Gasteiger partial charge in [-0.3, -0.25) is 0 Å². The van der Waals surface area contributed by atoms with Gasteiger partial charge in [-0.2, -0.15) is 0 Å². The summed E-state index contributed by atoms with van der Waals surface area (Å²) < 4.78 is 27.7. The quantitative estimate of drug-likeness (QED) is 0.845. The van der Waals surface area contributed by atoms with Crippen molar-refractivity contribution < 1.29 is 18.7 Å². The van der Waals surface area contributed by atoms with Crippen LogP contribution in [0.1, 0.15) is 55.8 Å². The van der Waals surface area contributed by atoms with Gasteiger partial charge >= 0.3 is 5.97 Å². The third kappa shape index (κ3) is 3.52. The second-order valence-electron chi connectivity index (χ2n) is 5.65. The largest absolute Gasteiger partial charge is 0.478 e. The monoisotopic (exact) mass is 297 g/mol. The van der Waals surface area contributed by atoms with Crippen molar-refractivity contribution in [1.29, 1.82) is 0 Å². The van der Waals surface area contributed by atoms with Gasteiger partial charge in [0, 0.05) is 6.04 Å².